The molecule has 0 aliphatic heterocycles. The molecule has 0 aliphatic rings. The molecule has 1 amide bonds. The van der Waals surface area contributed by atoms with Crippen LogP contribution in [-0.4, -0.2) is 17.4 Å². The van der Waals surface area contributed by atoms with Crippen molar-refractivity contribution in [3.05, 3.63) is 92.7 Å². The molecule has 0 radical (unpaired) electrons. The summed E-state index contributed by atoms with van der Waals surface area (Å²) in [6.45, 7) is 0.367. The molecule has 0 saturated carbocycles. The third-order valence-corrected chi connectivity index (χ3v) is 4.67. The molecular weight excluding hydrogens is 336 g/mol. The lowest BCUT2D eigenvalue weighted by molar-refractivity contribution is -0.384. The minimum absolute atomic E-state index is 0.0690. The number of thiophene rings is 1. The van der Waals surface area contributed by atoms with Gasteiger partial charge in [0.05, 0.1) is 9.80 Å². The van der Waals surface area contributed by atoms with E-state index in [1.807, 2.05) is 35.7 Å². The number of amides is 1. The molecule has 0 bridgehead atoms. The number of para-hydroxylation sites is 2. The smallest absolute Gasteiger partial charge is 0.292 e. The van der Waals surface area contributed by atoms with Crippen LogP contribution in [0.1, 0.15) is 15.2 Å². The summed E-state index contributed by atoms with van der Waals surface area (Å²) in [4.78, 5) is 25.9. The van der Waals surface area contributed by atoms with E-state index in [9.17, 15) is 14.9 Å². The van der Waals surface area contributed by atoms with E-state index in [1.54, 1.807) is 30.3 Å². The van der Waals surface area contributed by atoms with Crippen molar-refractivity contribution in [2.75, 3.05) is 11.4 Å². The van der Waals surface area contributed by atoms with Crippen molar-refractivity contribution >= 4 is 28.6 Å². The molecule has 0 aliphatic carbocycles. The quantitative estimate of drug-likeness (QED) is 0.483. The first-order chi connectivity index (χ1) is 12.2. The van der Waals surface area contributed by atoms with Crippen LogP contribution in [0.5, 0.6) is 0 Å². The number of anilines is 1. The van der Waals surface area contributed by atoms with Crippen molar-refractivity contribution in [1.29, 1.82) is 0 Å². The number of carbonyl (C=O) groups is 1. The van der Waals surface area contributed by atoms with Crippen molar-refractivity contribution in [3.63, 3.8) is 0 Å². The van der Waals surface area contributed by atoms with Gasteiger partial charge in [0.2, 0.25) is 0 Å². The number of nitro groups is 1. The molecule has 5 nitrogen and oxygen atoms in total. The highest BCUT2D eigenvalue weighted by atomic mass is 32.1. The Labute approximate surface area is 149 Å². The van der Waals surface area contributed by atoms with E-state index in [-0.39, 0.29) is 11.6 Å². The Kier molecular flexibility index (Phi) is 5.20. The maximum absolute atomic E-state index is 12.9. The summed E-state index contributed by atoms with van der Waals surface area (Å²) in [5, 5.41) is 13.2. The molecule has 3 rings (SSSR count). The summed E-state index contributed by atoms with van der Waals surface area (Å²) >= 11 is 1.33. The highest BCUT2D eigenvalue weighted by molar-refractivity contribution is 7.12. The van der Waals surface area contributed by atoms with Gasteiger partial charge in [-0.05, 0) is 29.5 Å². The zero-order chi connectivity index (χ0) is 17.6. The van der Waals surface area contributed by atoms with Gasteiger partial charge in [-0.1, -0.05) is 48.5 Å². The molecule has 3 aromatic rings. The molecule has 0 saturated heterocycles. The second-order valence-electron chi connectivity index (χ2n) is 5.42. The van der Waals surface area contributed by atoms with Gasteiger partial charge in [0.15, 0.2) is 0 Å². The Morgan fingerprint density at radius 3 is 2.40 bits per heavy atom. The molecule has 6 heteroatoms. The number of benzene rings is 2. The molecular formula is C19H16N2O3S. The summed E-state index contributed by atoms with van der Waals surface area (Å²) in [5.41, 5.74) is 1.33. The largest absolute Gasteiger partial charge is 0.301 e. The van der Waals surface area contributed by atoms with Crippen molar-refractivity contribution in [1.82, 2.24) is 0 Å². The number of hydrogen-bond donors (Lipinski definition) is 0. The molecule has 0 spiro atoms. The lowest BCUT2D eigenvalue weighted by atomic mass is 10.1. The molecule has 0 fully saturated rings. The molecule has 126 valence electrons. The van der Waals surface area contributed by atoms with Crippen molar-refractivity contribution in [2.24, 2.45) is 0 Å². The number of nitro benzene ring substituents is 1. The van der Waals surface area contributed by atoms with Crippen LogP contribution in [-0.2, 0) is 6.42 Å². The molecule has 0 unspecified atom stereocenters. The van der Waals surface area contributed by atoms with Gasteiger partial charge in [-0.3, -0.25) is 14.9 Å². The maximum Gasteiger partial charge on any atom is 0.292 e. The maximum atomic E-state index is 12.9. The lowest BCUT2D eigenvalue weighted by Gasteiger charge is -2.22. The van der Waals surface area contributed by atoms with E-state index < -0.39 is 4.92 Å². The van der Waals surface area contributed by atoms with E-state index in [2.05, 4.69) is 0 Å². The Bertz CT molecular complexity index is 863. The van der Waals surface area contributed by atoms with Crippen LogP contribution in [0.25, 0.3) is 0 Å². The summed E-state index contributed by atoms with van der Waals surface area (Å²) in [5.74, 6) is -0.222. The second kappa shape index (κ2) is 7.72. The van der Waals surface area contributed by atoms with Crippen LogP contribution >= 0.6 is 11.3 Å². The molecule has 25 heavy (non-hydrogen) atoms. The second-order valence-corrected chi connectivity index (χ2v) is 6.36. The summed E-state index contributed by atoms with van der Waals surface area (Å²) < 4.78 is 0. The van der Waals surface area contributed by atoms with Crippen LogP contribution in [0.4, 0.5) is 11.4 Å². The Balaban J connectivity index is 1.94. The number of hydrogen-bond acceptors (Lipinski definition) is 4. The summed E-state index contributed by atoms with van der Waals surface area (Å²) in [7, 11) is 0. The van der Waals surface area contributed by atoms with Crippen molar-refractivity contribution in [3.8, 4) is 0 Å². The first-order valence-electron chi connectivity index (χ1n) is 7.79. The van der Waals surface area contributed by atoms with Gasteiger partial charge in [-0.2, -0.15) is 0 Å². The SMILES string of the molecule is O=C(c1cccs1)N(CCc1ccccc1)c1ccccc1[N+](=O)[O-]. The lowest BCUT2D eigenvalue weighted by Crippen LogP contribution is -2.33. The Morgan fingerprint density at radius 2 is 1.72 bits per heavy atom. The highest BCUT2D eigenvalue weighted by Crippen LogP contribution is 2.29. The fraction of sp³-hybridized carbons (Fsp3) is 0.105. The monoisotopic (exact) mass is 352 g/mol. The predicted molar refractivity (Wildman–Crippen MR) is 99.2 cm³/mol. The standard InChI is InChI=1S/C19H16N2O3S/c22-19(18-11-6-14-25-18)20(13-12-15-7-2-1-3-8-15)16-9-4-5-10-17(16)21(23)24/h1-11,14H,12-13H2. The Hall–Kier alpha value is -2.99. The molecule has 1 aromatic heterocycles. The number of rotatable bonds is 6. The van der Waals surface area contributed by atoms with Crippen LogP contribution < -0.4 is 4.90 Å². The Morgan fingerprint density at radius 1 is 1.00 bits per heavy atom. The molecule has 1 heterocycles. The first-order valence-corrected chi connectivity index (χ1v) is 8.67. The third kappa shape index (κ3) is 3.92. The average molecular weight is 352 g/mol. The van der Waals surface area contributed by atoms with Gasteiger partial charge in [-0.25, -0.2) is 0 Å². The molecule has 0 N–H and O–H groups in total. The topological polar surface area (TPSA) is 63.5 Å². The highest BCUT2D eigenvalue weighted by Gasteiger charge is 2.25. The number of nitrogens with zero attached hydrogens (tertiary/aromatic N) is 2. The van der Waals surface area contributed by atoms with Gasteiger partial charge in [0, 0.05) is 12.6 Å². The van der Waals surface area contributed by atoms with E-state index in [1.165, 1.54) is 22.3 Å². The van der Waals surface area contributed by atoms with Crippen LogP contribution in [0.3, 0.4) is 0 Å². The number of carbonyl (C=O) groups excluding carboxylic acids is 1. The molecule has 2 aromatic carbocycles. The van der Waals surface area contributed by atoms with Gasteiger partial charge >= 0.3 is 0 Å². The van der Waals surface area contributed by atoms with Gasteiger partial charge in [0.25, 0.3) is 11.6 Å². The summed E-state index contributed by atoms with van der Waals surface area (Å²) in [6, 6.07) is 19.6. The van der Waals surface area contributed by atoms with E-state index in [0.717, 1.165) is 5.56 Å². The van der Waals surface area contributed by atoms with E-state index >= 15 is 0 Å². The van der Waals surface area contributed by atoms with Crippen LogP contribution in [0.2, 0.25) is 0 Å². The van der Waals surface area contributed by atoms with Crippen molar-refractivity contribution < 1.29 is 9.72 Å². The zero-order valence-electron chi connectivity index (χ0n) is 13.4. The fourth-order valence-corrected chi connectivity index (χ4v) is 3.27. The van der Waals surface area contributed by atoms with Crippen molar-refractivity contribution in [2.45, 2.75) is 6.42 Å². The summed E-state index contributed by atoms with van der Waals surface area (Å²) in [6.07, 6.45) is 0.615. The average Bonchev–Trinajstić information content (AvgIpc) is 3.17. The fourth-order valence-electron chi connectivity index (χ4n) is 2.60. The normalized spacial score (nSPS) is 10.4. The predicted octanol–water partition coefficient (Wildman–Crippen LogP) is 4.55. The van der Waals surface area contributed by atoms with Gasteiger partial charge in [0.1, 0.15) is 5.69 Å². The first kappa shape index (κ1) is 16.9. The van der Waals surface area contributed by atoms with E-state index in [4.69, 9.17) is 0 Å². The van der Waals surface area contributed by atoms with Gasteiger partial charge in [-0.15, -0.1) is 11.3 Å². The van der Waals surface area contributed by atoms with E-state index in [0.29, 0.717) is 23.5 Å². The minimum Gasteiger partial charge on any atom is -0.301 e. The third-order valence-electron chi connectivity index (χ3n) is 3.81. The minimum atomic E-state index is -0.452. The zero-order valence-corrected chi connectivity index (χ0v) is 14.2. The van der Waals surface area contributed by atoms with Crippen LogP contribution in [0.15, 0.2) is 72.1 Å². The molecule has 0 atom stereocenters. The van der Waals surface area contributed by atoms with Crippen LogP contribution in [0, 0.1) is 10.1 Å². The van der Waals surface area contributed by atoms with Gasteiger partial charge < -0.3 is 4.90 Å².